The van der Waals surface area contributed by atoms with Crippen LogP contribution in [0, 0.1) is 6.92 Å². The van der Waals surface area contributed by atoms with Crippen LogP contribution in [0.5, 0.6) is 0 Å². The fourth-order valence-corrected chi connectivity index (χ4v) is 1.45. The van der Waals surface area contributed by atoms with Crippen molar-refractivity contribution in [1.29, 1.82) is 0 Å². The molecular formula is C10H10N4O. The summed E-state index contributed by atoms with van der Waals surface area (Å²) in [6.07, 6.45) is 3.11. The minimum Gasteiger partial charge on any atom is -0.366 e. The predicted octanol–water partition coefficient (Wildman–Crippen LogP) is 0.675. The molecule has 2 N–H and O–H groups in total. The van der Waals surface area contributed by atoms with E-state index in [-0.39, 0.29) is 0 Å². The van der Waals surface area contributed by atoms with Gasteiger partial charge in [-0.15, -0.1) is 0 Å². The number of hydrogen-bond acceptors (Lipinski definition) is 3. The zero-order chi connectivity index (χ0) is 10.8. The van der Waals surface area contributed by atoms with Gasteiger partial charge in [0.25, 0.3) is 5.91 Å². The molecule has 2 rings (SSSR count). The highest BCUT2D eigenvalue weighted by molar-refractivity contribution is 5.96. The van der Waals surface area contributed by atoms with Crippen molar-refractivity contribution in [1.82, 2.24) is 15.0 Å². The monoisotopic (exact) mass is 202 g/mol. The van der Waals surface area contributed by atoms with Crippen LogP contribution in [0.3, 0.4) is 0 Å². The fraction of sp³-hybridized carbons (Fsp3) is 0.100. The summed E-state index contributed by atoms with van der Waals surface area (Å²) >= 11 is 0. The number of benzene rings is 1. The summed E-state index contributed by atoms with van der Waals surface area (Å²) in [5.41, 5.74) is 7.24. The number of para-hydroxylation sites is 1. The normalized spacial score (nSPS) is 10.2. The van der Waals surface area contributed by atoms with Crippen molar-refractivity contribution in [3.05, 3.63) is 41.7 Å². The summed E-state index contributed by atoms with van der Waals surface area (Å²) in [7, 11) is 0. The standard InChI is InChI=1S/C10H10N4O/c1-7-3-2-4-8(10(11)15)9(7)14-12-5-6-13-14/h2-6H,1H3,(H2,11,15). The Morgan fingerprint density at radius 3 is 2.60 bits per heavy atom. The molecule has 5 nitrogen and oxygen atoms in total. The van der Waals surface area contributed by atoms with Crippen molar-refractivity contribution in [3.8, 4) is 5.69 Å². The molecule has 0 atom stereocenters. The lowest BCUT2D eigenvalue weighted by Gasteiger charge is -2.08. The number of hydrogen-bond donors (Lipinski definition) is 1. The first-order chi connectivity index (χ1) is 7.20. The summed E-state index contributed by atoms with van der Waals surface area (Å²) in [4.78, 5) is 12.6. The number of rotatable bonds is 2. The Morgan fingerprint density at radius 2 is 2.00 bits per heavy atom. The third-order valence-electron chi connectivity index (χ3n) is 2.12. The van der Waals surface area contributed by atoms with E-state index in [4.69, 9.17) is 5.73 Å². The summed E-state index contributed by atoms with van der Waals surface area (Å²) < 4.78 is 0. The third kappa shape index (κ3) is 1.59. The zero-order valence-electron chi connectivity index (χ0n) is 8.21. The maximum absolute atomic E-state index is 11.2. The SMILES string of the molecule is Cc1cccc(C(N)=O)c1-n1nccn1. The Balaban J connectivity index is 2.68. The van der Waals surface area contributed by atoms with Gasteiger partial charge in [0.1, 0.15) is 5.69 Å². The molecular weight excluding hydrogens is 192 g/mol. The van der Waals surface area contributed by atoms with Crippen LogP contribution >= 0.6 is 0 Å². The molecule has 0 bridgehead atoms. The lowest BCUT2D eigenvalue weighted by Crippen LogP contribution is -2.16. The van der Waals surface area contributed by atoms with Crippen LogP contribution < -0.4 is 5.73 Å². The van der Waals surface area contributed by atoms with Crippen molar-refractivity contribution in [2.24, 2.45) is 5.73 Å². The number of nitrogens with two attached hydrogens (primary N) is 1. The van der Waals surface area contributed by atoms with Crippen LogP contribution in [0.25, 0.3) is 5.69 Å². The average molecular weight is 202 g/mol. The van der Waals surface area contributed by atoms with Gasteiger partial charge >= 0.3 is 0 Å². The van der Waals surface area contributed by atoms with Crippen LogP contribution in [0.4, 0.5) is 0 Å². The quantitative estimate of drug-likeness (QED) is 0.778. The Labute approximate surface area is 86.5 Å². The fourth-order valence-electron chi connectivity index (χ4n) is 1.45. The molecule has 1 amide bonds. The molecule has 2 aromatic rings. The number of nitrogens with zero attached hydrogens (tertiary/aromatic N) is 3. The highest BCUT2D eigenvalue weighted by atomic mass is 16.1. The minimum absolute atomic E-state index is 0.422. The molecule has 0 aliphatic heterocycles. The van der Waals surface area contributed by atoms with Crippen LogP contribution in [-0.2, 0) is 0 Å². The van der Waals surface area contributed by atoms with Crippen LogP contribution in [0.2, 0.25) is 0 Å². The first-order valence-electron chi connectivity index (χ1n) is 4.46. The molecule has 0 unspecified atom stereocenters. The van der Waals surface area contributed by atoms with Crippen LogP contribution in [-0.4, -0.2) is 20.9 Å². The van der Waals surface area contributed by atoms with E-state index >= 15 is 0 Å². The molecule has 0 saturated heterocycles. The number of amides is 1. The summed E-state index contributed by atoms with van der Waals surface area (Å²) in [6.45, 7) is 1.88. The second-order valence-corrected chi connectivity index (χ2v) is 3.15. The van der Waals surface area contributed by atoms with E-state index in [1.165, 1.54) is 4.80 Å². The number of carbonyl (C=O) groups excluding carboxylic acids is 1. The molecule has 1 heterocycles. The first-order valence-corrected chi connectivity index (χ1v) is 4.46. The third-order valence-corrected chi connectivity index (χ3v) is 2.12. The van der Waals surface area contributed by atoms with E-state index in [9.17, 15) is 4.79 Å². The molecule has 15 heavy (non-hydrogen) atoms. The molecule has 0 fully saturated rings. The van der Waals surface area contributed by atoms with Crippen molar-refractivity contribution in [3.63, 3.8) is 0 Å². The zero-order valence-corrected chi connectivity index (χ0v) is 8.21. The van der Waals surface area contributed by atoms with Gasteiger partial charge in [0.05, 0.1) is 18.0 Å². The van der Waals surface area contributed by atoms with E-state index in [1.807, 2.05) is 13.0 Å². The molecule has 5 heteroatoms. The molecule has 1 aromatic heterocycles. The maximum atomic E-state index is 11.2. The lowest BCUT2D eigenvalue weighted by atomic mass is 10.1. The van der Waals surface area contributed by atoms with E-state index in [2.05, 4.69) is 10.2 Å². The number of carbonyl (C=O) groups is 1. The highest BCUT2D eigenvalue weighted by Gasteiger charge is 2.12. The van der Waals surface area contributed by atoms with Crippen LogP contribution in [0.1, 0.15) is 15.9 Å². The van der Waals surface area contributed by atoms with E-state index in [1.54, 1.807) is 24.5 Å². The number of aryl methyl sites for hydroxylation is 1. The minimum atomic E-state index is -0.481. The Morgan fingerprint density at radius 1 is 1.33 bits per heavy atom. The van der Waals surface area contributed by atoms with Gasteiger partial charge in [0.15, 0.2) is 0 Å². The van der Waals surface area contributed by atoms with Gasteiger partial charge in [0.2, 0.25) is 0 Å². The second kappa shape index (κ2) is 3.53. The predicted molar refractivity (Wildman–Crippen MR) is 54.6 cm³/mol. The summed E-state index contributed by atoms with van der Waals surface area (Å²) in [5, 5.41) is 7.98. The second-order valence-electron chi connectivity index (χ2n) is 3.15. The molecule has 1 aromatic carbocycles. The van der Waals surface area contributed by atoms with Gasteiger partial charge in [-0.05, 0) is 18.6 Å². The smallest absolute Gasteiger partial charge is 0.250 e. The van der Waals surface area contributed by atoms with Gasteiger partial charge in [0, 0.05) is 0 Å². The van der Waals surface area contributed by atoms with Gasteiger partial charge in [-0.2, -0.15) is 15.0 Å². The topological polar surface area (TPSA) is 73.8 Å². The van der Waals surface area contributed by atoms with E-state index < -0.39 is 5.91 Å². The van der Waals surface area contributed by atoms with Crippen molar-refractivity contribution < 1.29 is 4.79 Å². The Kier molecular flexibility index (Phi) is 2.21. The van der Waals surface area contributed by atoms with Gasteiger partial charge in [-0.3, -0.25) is 4.79 Å². The van der Waals surface area contributed by atoms with E-state index in [0.29, 0.717) is 11.3 Å². The number of primary amides is 1. The molecule has 76 valence electrons. The van der Waals surface area contributed by atoms with Gasteiger partial charge in [-0.25, -0.2) is 0 Å². The van der Waals surface area contributed by atoms with Crippen molar-refractivity contribution in [2.45, 2.75) is 6.92 Å². The average Bonchev–Trinajstić information content (AvgIpc) is 2.70. The van der Waals surface area contributed by atoms with Gasteiger partial charge in [-0.1, -0.05) is 12.1 Å². The van der Waals surface area contributed by atoms with Crippen LogP contribution in [0.15, 0.2) is 30.6 Å². The largest absolute Gasteiger partial charge is 0.366 e. The first kappa shape index (κ1) is 9.39. The van der Waals surface area contributed by atoms with Gasteiger partial charge < -0.3 is 5.73 Å². The lowest BCUT2D eigenvalue weighted by molar-refractivity contribution is 0.1000. The Hall–Kier alpha value is -2.17. The molecule has 0 radical (unpaired) electrons. The maximum Gasteiger partial charge on any atom is 0.250 e. The molecule has 0 aliphatic rings. The van der Waals surface area contributed by atoms with Crippen molar-refractivity contribution >= 4 is 5.91 Å². The number of aromatic nitrogens is 3. The van der Waals surface area contributed by atoms with E-state index in [0.717, 1.165) is 5.56 Å². The summed E-state index contributed by atoms with van der Waals surface area (Å²) in [5.74, 6) is -0.481. The Bertz CT molecular complexity index is 490. The summed E-state index contributed by atoms with van der Waals surface area (Å²) in [6, 6.07) is 5.32. The highest BCUT2D eigenvalue weighted by Crippen LogP contribution is 2.16. The molecule has 0 aliphatic carbocycles. The molecule has 0 spiro atoms. The molecule has 0 saturated carbocycles. The van der Waals surface area contributed by atoms with Crippen molar-refractivity contribution in [2.75, 3.05) is 0 Å².